The number of amides is 1. The van der Waals surface area contributed by atoms with Crippen LogP contribution in [-0.2, 0) is 10.5 Å². The highest BCUT2D eigenvalue weighted by Crippen LogP contribution is 2.18. The summed E-state index contributed by atoms with van der Waals surface area (Å²) in [6.45, 7) is 7.66. The van der Waals surface area contributed by atoms with E-state index >= 15 is 0 Å². The predicted molar refractivity (Wildman–Crippen MR) is 95.2 cm³/mol. The lowest BCUT2D eigenvalue weighted by Crippen LogP contribution is -2.46. The van der Waals surface area contributed by atoms with Crippen molar-refractivity contribution in [2.45, 2.75) is 38.5 Å². The second kappa shape index (κ2) is 8.59. The molecule has 3 nitrogen and oxygen atoms in total. The average Bonchev–Trinajstić information content (AvgIpc) is 2.56. The molecule has 1 amide bonds. The molecule has 122 valence electrons. The number of piperidine rings is 1. The molecule has 0 atom stereocenters. The summed E-state index contributed by atoms with van der Waals surface area (Å²) in [7, 11) is 1.97. The summed E-state index contributed by atoms with van der Waals surface area (Å²) in [6.07, 6.45) is 2.22. The molecule has 0 unspecified atom stereocenters. The number of aryl methyl sites for hydroxylation is 1. The Labute approximate surface area is 139 Å². The molecule has 1 aromatic carbocycles. The standard InChI is InChI=1S/C18H28N2OS/c1-4-20-11-9-17(10-12-20)19(3)18(21)14-22-13-16-7-5-15(2)6-8-16/h5-8,17H,4,9-14H2,1-3H3. The summed E-state index contributed by atoms with van der Waals surface area (Å²) in [5.74, 6) is 1.76. The van der Waals surface area contributed by atoms with Crippen LogP contribution in [0.5, 0.6) is 0 Å². The van der Waals surface area contributed by atoms with Crippen molar-refractivity contribution in [3.05, 3.63) is 35.4 Å². The van der Waals surface area contributed by atoms with Crippen LogP contribution in [0, 0.1) is 6.92 Å². The molecule has 1 fully saturated rings. The Balaban J connectivity index is 1.71. The first-order chi connectivity index (χ1) is 10.6. The molecule has 0 radical (unpaired) electrons. The Kier molecular flexibility index (Phi) is 6.77. The van der Waals surface area contributed by atoms with Gasteiger partial charge in [-0.3, -0.25) is 4.79 Å². The first kappa shape index (κ1) is 17.4. The SMILES string of the molecule is CCN1CCC(N(C)C(=O)CSCc2ccc(C)cc2)CC1. The lowest BCUT2D eigenvalue weighted by molar-refractivity contribution is -0.129. The molecular weight excluding hydrogens is 292 g/mol. The molecule has 22 heavy (non-hydrogen) atoms. The molecule has 0 aliphatic carbocycles. The fourth-order valence-electron chi connectivity index (χ4n) is 2.87. The number of benzene rings is 1. The molecular formula is C18H28N2OS. The van der Waals surface area contributed by atoms with Crippen molar-refractivity contribution in [1.29, 1.82) is 0 Å². The molecule has 4 heteroatoms. The van der Waals surface area contributed by atoms with E-state index in [2.05, 4.69) is 43.0 Å². The summed E-state index contributed by atoms with van der Waals surface area (Å²) in [5.41, 5.74) is 2.57. The lowest BCUT2D eigenvalue weighted by atomic mass is 10.0. The number of carbonyl (C=O) groups is 1. The predicted octanol–water partition coefficient (Wildman–Crippen LogP) is 3.17. The van der Waals surface area contributed by atoms with Gasteiger partial charge in [-0.05, 0) is 31.9 Å². The number of carbonyl (C=O) groups excluding carboxylic acids is 1. The Hall–Kier alpha value is -1.00. The normalized spacial score (nSPS) is 16.7. The summed E-state index contributed by atoms with van der Waals surface area (Å²) in [6, 6.07) is 8.99. The van der Waals surface area contributed by atoms with Crippen LogP contribution in [0.2, 0.25) is 0 Å². The third kappa shape index (κ3) is 5.03. The van der Waals surface area contributed by atoms with Crippen LogP contribution in [0.15, 0.2) is 24.3 Å². The largest absolute Gasteiger partial charge is 0.342 e. The molecule has 1 aliphatic rings. The molecule has 1 aromatic rings. The van der Waals surface area contributed by atoms with E-state index < -0.39 is 0 Å². The Morgan fingerprint density at radius 3 is 2.50 bits per heavy atom. The Bertz CT molecular complexity index is 466. The first-order valence-electron chi connectivity index (χ1n) is 8.21. The van der Waals surface area contributed by atoms with Gasteiger partial charge >= 0.3 is 0 Å². The van der Waals surface area contributed by atoms with Gasteiger partial charge in [-0.25, -0.2) is 0 Å². The minimum absolute atomic E-state index is 0.270. The number of hydrogen-bond acceptors (Lipinski definition) is 3. The van der Waals surface area contributed by atoms with Gasteiger partial charge in [-0.15, -0.1) is 11.8 Å². The van der Waals surface area contributed by atoms with Crippen LogP contribution in [0.4, 0.5) is 0 Å². The highest BCUT2D eigenvalue weighted by atomic mass is 32.2. The van der Waals surface area contributed by atoms with E-state index in [9.17, 15) is 4.79 Å². The van der Waals surface area contributed by atoms with Crippen molar-refractivity contribution in [2.24, 2.45) is 0 Å². The summed E-state index contributed by atoms with van der Waals surface area (Å²) in [5, 5.41) is 0. The van der Waals surface area contributed by atoms with Gasteiger partial charge in [-0.2, -0.15) is 0 Å². The quantitative estimate of drug-likeness (QED) is 0.804. The van der Waals surface area contributed by atoms with E-state index in [0.717, 1.165) is 38.2 Å². The summed E-state index contributed by atoms with van der Waals surface area (Å²) >= 11 is 1.72. The van der Waals surface area contributed by atoms with E-state index in [-0.39, 0.29) is 5.91 Å². The van der Waals surface area contributed by atoms with Crippen LogP contribution in [-0.4, -0.2) is 54.2 Å². The van der Waals surface area contributed by atoms with Crippen LogP contribution in [0.3, 0.4) is 0 Å². The third-order valence-electron chi connectivity index (χ3n) is 4.56. The van der Waals surface area contributed by atoms with Crippen molar-refractivity contribution in [3.63, 3.8) is 0 Å². The van der Waals surface area contributed by atoms with Crippen molar-refractivity contribution in [2.75, 3.05) is 32.4 Å². The van der Waals surface area contributed by atoms with E-state index in [1.165, 1.54) is 11.1 Å². The maximum atomic E-state index is 12.3. The number of nitrogens with zero attached hydrogens (tertiary/aromatic N) is 2. The zero-order valence-electron chi connectivity index (χ0n) is 14.0. The number of thioether (sulfide) groups is 1. The van der Waals surface area contributed by atoms with E-state index in [1.54, 1.807) is 11.8 Å². The average molecular weight is 321 g/mol. The fraction of sp³-hybridized carbons (Fsp3) is 0.611. The molecule has 2 rings (SSSR count). The minimum Gasteiger partial charge on any atom is -0.342 e. The molecule has 0 spiro atoms. The molecule has 1 aliphatic heterocycles. The maximum Gasteiger partial charge on any atom is 0.232 e. The molecule has 0 saturated carbocycles. The topological polar surface area (TPSA) is 23.6 Å². The van der Waals surface area contributed by atoms with Crippen LogP contribution in [0.1, 0.15) is 30.9 Å². The van der Waals surface area contributed by atoms with Crippen molar-refractivity contribution >= 4 is 17.7 Å². The van der Waals surface area contributed by atoms with Gasteiger partial charge in [0.2, 0.25) is 5.91 Å². The van der Waals surface area contributed by atoms with Gasteiger partial charge in [0.25, 0.3) is 0 Å². The van der Waals surface area contributed by atoms with Crippen LogP contribution in [0.25, 0.3) is 0 Å². The van der Waals surface area contributed by atoms with E-state index in [0.29, 0.717) is 11.8 Å². The summed E-state index contributed by atoms with van der Waals surface area (Å²) in [4.78, 5) is 16.8. The molecule has 1 saturated heterocycles. The molecule has 1 heterocycles. The van der Waals surface area contributed by atoms with Gasteiger partial charge in [0, 0.05) is 31.9 Å². The first-order valence-corrected chi connectivity index (χ1v) is 9.37. The molecule has 0 N–H and O–H groups in total. The maximum absolute atomic E-state index is 12.3. The second-order valence-corrected chi connectivity index (χ2v) is 7.13. The minimum atomic E-state index is 0.270. The lowest BCUT2D eigenvalue weighted by Gasteiger charge is -2.36. The second-order valence-electron chi connectivity index (χ2n) is 6.15. The van der Waals surface area contributed by atoms with Crippen LogP contribution >= 0.6 is 11.8 Å². The van der Waals surface area contributed by atoms with E-state index in [4.69, 9.17) is 0 Å². The number of hydrogen-bond donors (Lipinski definition) is 0. The van der Waals surface area contributed by atoms with Crippen molar-refractivity contribution < 1.29 is 4.79 Å². The zero-order valence-corrected chi connectivity index (χ0v) is 14.9. The zero-order chi connectivity index (χ0) is 15.9. The van der Waals surface area contributed by atoms with Gasteiger partial charge in [0.05, 0.1) is 5.75 Å². The van der Waals surface area contributed by atoms with Gasteiger partial charge < -0.3 is 9.80 Å². The molecule has 0 bridgehead atoms. The Morgan fingerprint density at radius 2 is 1.91 bits per heavy atom. The highest BCUT2D eigenvalue weighted by Gasteiger charge is 2.24. The van der Waals surface area contributed by atoms with Crippen LogP contribution < -0.4 is 0 Å². The fourth-order valence-corrected chi connectivity index (χ4v) is 3.78. The van der Waals surface area contributed by atoms with Gasteiger partial charge in [0.1, 0.15) is 0 Å². The summed E-state index contributed by atoms with van der Waals surface area (Å²) < 4.78 is 0. The monoisotopic (exact) mass is 320 g/mol. The van der Waals surface area contributed by atoms with E-state index in [1.807, 2.05) is 11.9 Å². The molecule has 0 aromatic heterocycles. The number of likely N-dealkylation sites (tertiary alicyclic amines) is 1. The third-order valence-corrected chi connectivity index (χ3v) is 5.55. The number of rotatable bonds is 6. The van der Waals surface area contributed by atoms with Crippen molar-refractivity contribution in [3.8, 4) is 0 Å². The van der Waals surface area contributed by atoms with Crippen molar-refractivity contribution in [1.82, 2.24) is 9.80 Å². The smallest absolute Gasteiger partial charge is 0.232 e. The highest BCUT2D eigenvalue weighted by molar-refractivity contribution is 7.99. The van der Waals surface area contributed by atoms with Gasteiger partial charge in [-0.1, -0.05) is 36.8 Å². The Morgan fingerprint density at radius 1 is 1.27 bits per heavy atom. The van der Waals surface area contributed by atoms with Gasteiger partial charge in [0.15, 0.2) is 0 Å².